The molecule has 5 nitrogen and oxygen atoms in total. The van der Waals surface area contributed by atoms with E-state index in [-0.39, 0.29) is 18.4 Å². The average Bonchev–Trinajstić information content (AvgIpc) is 2.38. The highest BCUT2D eigenvalue weighted by Gasteiger charge is 2.32. The highest BCUT2D eigenvalue weighted by molar-refractivity contribution is 4.89. The SMILES string of the molecule is CCOC(CNC1(CO)CCOCC1)OCC. The summed E-state index contributed by atoms with van der Waals surface area (Å²) in [6, 6.07) is 0. The zero-order valence-corrected chi connectivity index (χ0v) is 10.9. The normalized spacial score (nSPS) is 19.8. The molecular weight excluding hydrogens is 222 g/mol. The van der Waals surface area contributed by atoms with Crippen molar-refractivity contribution in [2.75, 3.05) is 39.6 Å². The van der Waals surface area contributed by atoms with Crippen LogP contribution in [0.5, 0.6) is 0 Å². The van der Waals surface area contributed by atoms with Crippen molar-refractivity contribution in [1.29, 1.82) is 0 Å². The van der Waals surface area contributed by atoms with Crippen LogP contribution in [0.15, 0.2) is 0 Å². The van der Waals surface area contributed by atoms with Crippen molar-refractivity contribution in [2.45, 2.75) is 38.5 Å². The van der Waals surface area contributed by atoms with Crippen LogP contribution in [0.4, 0.5) is 0 Å². The summed E-state index contributed by atoms with van der Waals surface area (Å²) < 4.78 is 16.2. The third-order valence-electron chi connectivity index (χ3n) is 3.10. The minimum absolute atomic E-state index is 0.126. The summed E-state index contributed by atoms with van der Waals surface area (Å²) in [7, 11) is 0. The van der Waals surface area contributed by atoms with Crippen molar-refractivity contribution in [3.8, 4) is 0 Å². The molecule has 1 heterocycles. The van der Waals surface area contributed by atoms with Crippen LogP contribution in [0, 0.1) is 0 Å². The molecule has 17 heavy (non-hydrogen) atoms. The molecule has 1 aliphatic heterocycles. The van der Waals surface area contributed by atoms with Crippen molar-refractivity contribution in [3.05, 3.63) is 0 Å². The Hall–Kier alpha value is -0.200. The fourth-order valence-electron chi connectivity index (χ4n) is 1.99. The molecule has 5 heteroatoms. The first-order chi connectivity index (χ1) is 8.26. The topological polar surface area (TPSA) is 60.0 Å². The van der Waals surface area contributed by atoms with Gasteiger partial charge in [-0.2, -0.15) is 0 Å². The van der Waals surface area contributed by atoms with Gasteiger partial charge >= 0.3 is 0 Å². The predicted octanol–water partition coefficient (Wildman–Crippen LogP) is 0.517. The summed E-state index contributed by atoms with van der Waals surface area (Å²) >= 11 is 0. The largest absolute Gasteiger partial charge is 0.394 e. The minimum atomic E-state index is -0.240. The molecule has 0 atom stereocenters. The second-order valence-corrected chi connectivity index (χ2v) is 4.27. The van der Waals surface area contributed by atoms with Gasteiger partial charge in [0.15, 0.2) is 6.29 Å². The smallest absolute Gasteiger partial charge is 0.169 e. The number of hydrogen-bond donors (Lipinski definition) is 2. The van der Waals surface area contributed by atoms with E-state index in [1.165, 1.54) is 0 Å². The second kappa shape index (κ2) is 8.00. The summed E-state index contributed by atoms with van der Waals surface area (Å²) in [6.45, 7) is 7.26. The molecule has 1 aliphatic rings. The number of aliphatic hydroxyl groups excluding tert-OH is 1. The lowest BCUT2D eigenvalue weighted by molar-refractivity contribution is -0.138. The average molecular weight is 247 g/mol. The Bertz CT molecular complexity index is 189. The van der Waals surface area contributed by atoms with Gasteiger partial charge < -0.3 is 24.6 Å². The Labute approximate surface area is 103 Å². The monoisotopic (exact) mass is 247 g/mol. The van der Waals surface area contributed by atoms with Gasteiger partial charge in [0.05, 0.1) is 6.61 Å². The van der Waals surface area contributed by atoms with Crippen LogP contribution >= 0.6 is 0 Å². The van der Waals surface area contributed by atoms with E-state index >= 15 is 0 Å². The van der Waals surface area contributed by atoms with Gasteiger partial charge in [-0.1, -0.05) is 0 Å². The van der Waals surface area contributed by atoms with Gasteiger partial charge in [-0.05, 0) is 26.7 Å². The first-order valence-electron chi connectivity index (χ1n) is 6.43. The number of nitrogens with one attached hydrogen (secondary N) is 1. The first-order valence-corrected chi connectivity index (χ1v) is 6.43. The molecule has 0 unspecified atom stereocenters. The maximum atomic E-state index is 9.51. The van der Waals surface area contributed by atoms with Crippen LogP contribution in [-0.2, 0) is 14.2 Å². The van der Waals surface area contributed by atoms with Gasteiger partial charge in [-0.15, -0.1) is 0 Å². The van der Waals surface area contributed by atoms with E-state index in [2.05, 4.69) is 5.32 Å². The molecular formula is C12H25NO4. The van der Waals surface area contributed by atoms with Crippen LogP contribution in [0.1, 0.15) is 26.7 Å². The van der Waals surface area contributed by atoms with E-state index in [0.717, 1.165) is 12.8 Å². The summed E-state index contributed by atoms with van der Waals surface area (Å²) in [5, 5.41) is 12.9. The van der Waals surface area contributed by atoms with Gasteiger partial charge in [-0.3, -0.25) is 0 Å². The predicted molar refractivity (Wildman–Crippen MR) is 64.9 cm³/mol. The number of ether oxygens (including phenoxy) is 3. The van der Waals surface area contributed by atoms with E-state index in [4.69, 9.17) is 14.2 Å². The van der Waals surface area contributed by atoms with Crippen LogP contribution in [0.3, 0.4) is 0 Å². The van der Waals surface area contributed by atoms with Crippen LogP contribution in [0.25, 0.3) is 0 Å². The fourth-order valence-corrected chi connectivity index (χ4v) is 1.99. The Balaban J connectivity index is 2.38. The maximum Gasteiger partial charge on any atom is 0.169 e. The summed E-state index contributed by atoms with van der Waals surface area (Å²) in [6.07, 6.45) is 1.42. The van der Waals surface area contributed by atoms with Gasteiger partial charge in [-0.25, -0.2) is 0 Å². The van der Waals surface area contributed by atoms with Crippen LogP contribution in [-0.4, -0.2) is 56.5 Å². The van der Waals surface area contributed by atoms with Gasteiger partial charge in [0, 0.05) is 38.5 Å². The Morgan fingerprint density at radius 1 is 1.24 bits per heavy atom. The second-order valence-electron chi connectivity index (χ2n) is 4.27. The molecule has 102 valence electrons. The van der Waals surface area contributed by atoms with E-state index in [0.29, 0.717) is 33.0 Å². The fraction of sp³-hybridized carbons (Fsp3) is 1.00. The quantitative estimate of drug-likeness (QED) is 0.612. The lowest BCUT2D eigenvalue weighted by Crippen LogP contribution is -2.54. The van der Waals surface area contributed by atoms with Gasteiger partial charge in [0.1, 0.15) is 0 Å². The molecule has 0 aromatic rings. The molecule has 0 spiro atoms. The van der Waals surface area contributed by atoms with E-state index < -0.39 is 0 Å². The molecule has 2 N–H and O–H groups in total. The Morgan fingerprint density at radius 2 is 1.82 bits per heavy atom. The van der Waals surface area contributed by atoms with Crippen molar-refractivity contribution in [1.82, 2.24) is 5.32 Å². The Kier molecular flexibility index (Phi) is 6.99. The summed E-state index contributed by atoms with van der Waals surface area (Å²) in [5.41, 5.74) is -0.231. The lowest BCUT2D eigenvalue weighted by Gasteiger charge is -2.37. The van der Waals surface area contributed by atoms with Crippen molar-refractivity contribution < 1.29 is 19.3 Å². The third kappa shape index (κ3) is 4.89. The first kappa shape index (κ1) is 14.9. The molecule has 1 rings (SSSR count). The highest BCUT2D eigenvalue weighted by Crippen LogP contribution is 2.20. The zero-order chi connectivity index (χ0) is 12.6. The summed E-state index contributed by atoms with van der Waals surface area (Å²) in [4.78, 5) is 0. The van der Waals surface area contributed by atoms with E-state index in [1.54, 1.807) is 0 Å². The molecule has 0 aliphatic carbocycles. The summed E-state index contributed by atoms with van der Waals surface area (Å²) in [5.74, 6) is 0. The van der Waals surface area contributed by atoms with Gasteiger partial charge in [0.2, 0.25) is 0 Å². The van der Waals surface area contributed by atoms with Crippen molar-refractivity contribution in [2.24, 2.45) is 0 Å². The van der Waals surface area contributed by atoms with Crippen LogP contribution < -0.4 is 5.32 Å². The standard InChI is InChI=1S/C12H25NO4/c1-3-16-11(17-4-2)9-13-12(10-14)5-7-15-8-6-12/h11,13-14H,3-10H2,1-2H3. The van der Waals surface area contributed by atoms with Crippen LogP contribution in [0.2, 0.25) is 0 Å². The maximum absolute atomic E-state index is 9.51. The zero-order valence-electron chi connectivity index (χ0n) is 10.9. The highest BCUT2D eigenvalue weighted by atomic mass is 16.7. The molecule has 0 aromatic carbocycles. The number of rotatable bonds is 8. The number of hydrogen-bond acceptors (Lipinski definition) is 5. The molecule has 0 amide bonds. The van der Waals surface area contributed by atoms with Gasteiger partial charge in [0.25, 0.3) is 0 Å². The molecule has 0 saturated carbocycles. The third-order valence-corrected chi connectivity index (χ3v) is 3.10. The minimum Gasteiger partial charge on any atom is -0.394 e. The van der Waals surface area contributed by atoms with Crippen molar-refractivity contribution >= 4 is 0 Å². The molecule has 0 radical (unpaired) electrons. The molecule has 0 aromatic heterocycles. The number of aliphatic hydroxyl groups is 1. The van der Waals surface area contributed by atoms with Crippen molar-refractivity contribution in [3.63, 3.8) is 0 Å². The molecule has 1 saturated heterocycles. The van der Waals surface area contributed by atoms with E-state index in [9.17, 15) is 5.11 Å². The Morgan fingerprint density at radius 3 is 2.29 bits per heavy atom. The lowest BCUT2D eigenvalue weighted by atomic mass is 9.91. The molecule has 1 fully saturated rings. The van der Waals surface area contributed by atoms with E-state index in [1.807, 2.05) is 13.8 Å². The molecule has 0 bridgehead atoms.